The normalized spacial score (nSPS) is 17.3. The number of amides is 1. The van der Waals surface area contributed by atoms with Gasteiger partial charge in [0.15, 0.2) is 6.04 Å². The maximum atomic E-state index is 12.7. The lowest BCUT2D eigenvalue weighted by Gasteiger charge is -2.40. The molecule has 1 amide bonds. The minimum atomic E-state index is -0.133. The molecule has 5 heteroatoms. The van der Waals surface area contributed by atoms with Crippen molar-refractivity contribution in [3.8, 4) is 5.75 Å². The Balaban J connectivity index is 2.12. The van der Waals surface area contributed by atoms with Crippen molar-refractivity contribution in [1.29, 1.82) is 0 Å². The molecular formula is C17H26ClN2O2+. The van der Waals surface area contributed by atoms with E-state index in [-0.39, 0.29) is 11.9 Å². The molecule has 1 aromatic rings. The van der Waals surface area contributed by atoms with E-state index in [4.69, 9.17) is 16.3 Å². The number of methoxy groups -OCH3 is 1. The molecule has 1 aliphatic carbocycles. The van der Waals surface area contributed by atoms with Crippen LogP contribution in [0.4, 0.5) is 5.69 Å². The molecule has 0 aliphatic heterocycles. The molecular weight excluding hydrogens is 300 g/mol. The molecule has 0 radical (unpaired) electrons. The van der Waals surface area contributed by atoms with Crippen LogP contribution in [0.15, 0.2) is 18.2 Å². The van der Waals surface area contributed by atoms with Crippen molar-refractivity contribution < 1.29 is 14.0 Å². The first-order chi connectivity index (χ1) is 10.4. The van der Waals surface area contributed by atoms with Gasteiger partial charge in [-0.05, 0) is 50.8 Å². The summed E-state index contributed by atoms with van der Waals surface area (Å²) in [5, 5.41) is 3.54. The summed E-state index contributed by atoms with van der Waals surface area (Å²) in [6, 6.07) is 5.66. The molecule has 0 spiro atoms. The number of likely N-dealkylation sites (N-methyl/N-ethyl adjacent to an activating group) is 1. The van der Waals surface area contributed by atoms with E-state index in [0.717, 1.165) is 0 Å². The Bertz CT molecular complexity index is 539. The largest absolute Gasteiger partial charge is 0.495 e. The number of nitrogens with one attached hydrogen (secondary N) is 1. The van der Waals surface area contributed by atoms with Crippen LogP contribution in [0.3, 0.4) is 0 Å². The first-order valence-corrected chi connectivity index (χ1v) is 8.21. The average molecular weight is 326 g/mol. The smallest absolute Gasteiger partial charge is 0.282 e. The van der Waals surface area contributed by atoms with Crippen molar-refractivity contribution in [2.45, 2.75) is 44.7 Å². The molecule has 1 atom stereocenters. The van der Waals surface area contributed by atoms with Crippen molar-refractivity contribution in [2.24, 2.45) is 0 Å². The number of ether oxygens (including phenoxy) is 1. The third kappa shape index (κ3) is 3.55. The highest BCUT2D eigenvalue weighted by molar-refractivity contribution is 6.31. The van der Waals surface area contributed by atoms with Gasteiger partial charge in [-0.1, -0.05) is 11.6 Å². The summed E-state index contributed by atoms with van der Waals surface area (Å²) in [5.41, 5.74) is 0.623. The molecule has 1 aliphatic rings. The molecule has 1 fully saturated rings. The number of anilines is 1. The fraction of sp³-hybridized carbons (Fsp3) is 0.588. The van der Waals surface area contributed by atoms with Gasteiger partial charge in [0.25, 0.3) is 5.91 Å². The Kier molecular flexibility index (Phi) is 5.35. The average Bonchev–Trinajstić information content (AvgIpc) is 3.01. The number of carbonyl (C=O) groups excluding carboxylic acids is 1. The lowest BCUT2D eigenvalue weighted by Crippen LogP contribution is -2.58. The van der Waals surface area contributed by atoms with Gasteiger partial charge < -0.3 is 14.5 Å². The Hall–Kier alpha value is -1.26. The van der Waals surface area contributed by atoms with Crippen molar-refractivity contribution in [1.82, 2.24) is 0 Å². The van der Waals surface area contributed by atoms with Crippen LogP contribution in [0.5, 0.6) is 5.75 Å². The number of carbonyl (C=O) groups is 1. The zero-order valence-electron chi connectivity index (χ0n) is 13.9. The Morgan fingerprint density at radius 1 is 1.36 bits per heavy atom. The molecule has 0 bridgehead atoms. The molecule has 122 valence electrons. The quantitative estimate of drug-likeness (QED) is 0.838. The second kappa shape index (κ2) is 6.88. The van der Waals surface area contributed by atoms with Gasteiger partial charge in [-0.15, -0.1) is 0 Å². The van der Waals surface area contributed by atoms with Gasteiger partial charge in [-0.2, -0.15) is 0 Å². The second-order valence-corrected chi connectivity index (χ2v) is 7.01. The van der Waals surface area contributed by atoms with E-state index in [2.05, 4.69) is 19.4 Å². The van der Waals surface area contributed by atoms with Gasteiger partial charge in [0, 0.05) is 5.02 Å². The molecule has 4 nitrogen and oxygen atoms in total. The highest BCUT2D eigenvalue weighted by atomic mass is 35.5. The Morgan fingerprint density at radius 3 is 2.59 bits per heavy atom. The predicted molar refractivity (Wildman–Crippen MR) is 90.5 cm³/mol. The number of hydrogen-bond acceptors (Lipinski definition) is 2. The van der Waals surface area contributed by atoms with Crippen molar-refractivity contribution >= 4 is 23.2 Å². The summed E-state index contributed by atoms with van der Waals surface area (Å²) >= 11 is 6.02. The molecule has 1 aromatic carbocycles. The fourth-order valence-corrected chi connectivity index (χ4v) is 3.38. The van der Waals surface area contributed by atoms with Gasteiger partial charge in [0.2, 0.25) is 0 Å². The summed E-state index contributed by atoms with van der Waals surface area (Å²) in [6.45, 7) is 1.99. The van der Waals surface area contributed by atoms with Crippen molar-refractivity contribution in [3.63, 3.8) is 0 Å². The van der Waals surface area contributed by atoms with E-state index in [0.29, 0.717) is 27.0 Å². The Labute approximate surface area is 138 Å². The highest BCUT2D eigenvalue weighted by Gasteiger charge is 2.39. The van der Waals surface area contributed by atoms with E-state index in [1.807, 2.05) is 6.92 Å². The standard InChI is InChI=1S/C17H25ClN2O2/c1-12(20(2,3)14-7-5-6-8-14)17(21)19-15-11-13(18)9-10-16(15)22-4/h9-12,14H,5-8H2,1-4H3/p+1/t12-/m0/s1. The van der Waals surface area contributed by atoms with Crippen LogP contribution in [-0.2, 0) is 4.79 Å². The topological polar surface area (TPSA) is 38.3 Å². The van der Waals surface area contributed by atoms with Crippen LogP contribution in [-0.4, -0.2) is 43.7 Å². The Morgan fingerprint density at radius 2 is 2.00 bits per heavy atom. The van der Waals surface area contributed by atoms with Crippen LogP contribution in [0.2, 0.25) is 5.02 Å². The molecule has 0 heterocycles. The molecule has 0 unspecified atom stereocenters. The van der Waals surface area contributed by atoms with Crippen LogP contribution < -0.4 is 10.1 Å². The zero-order valence-corrected chi connectivity index (χ0v) is 14.6. The van der Waals surface area contributed by atoms with Gasteiger partial charge in [-0.3, -0.25) is 4.79 Å². The first-order valence-electron chi connectivity index (χ1n) is 7.84. The van der Waals surface area contributed by atoms with Gasteiger partial charge in [-0.25, -0.2) is 0 Å². The molecule has 2 rings (SSSR count). The van der Waals surface area contributed by atoms with E-state index < -0.39 is 0 Å². The van der Waals surface area contributed by atoms with E-state index in [9.17, 15) is 4.79 Å². The number of hydrogen-bond donors (Lipinski definition) is 1. The predicted octanol–water partition coefficient (Wildman–Crippen LogP) is 3.69. The molecule has 1 N–H and O–H groups in total. The lowest BCUT2D eigenvalue weighted by atomic mass is 10.1. The minimum Gasteiger partial charge on any atom is -0.495 e. The van der Waals surface area contributed by atoms with E-state index in [1.165, 1.54) is 25.7 Å². The summed E-state index contributed by atoms with van der Waals surface area (Å²) in [6.07, 6.45) is 4.93. The monoisotopic (exact) mass is 325 g/mol. The summed E-state index contributed by atoms with van der Waals surface area (Å²) in [4.78, 5) is 12.7. The summed E-state index contributed by atoms with van der Waals surface area (Å²) in [7, 11) is 5.88. The number of benzene rings is 1. The van der Waals surface area contributed by atoms with Gasteiger partial charge in [0.05, 0.1) is 32.9 Å². The van der Waals surface area contributed by atoms with Crippen LogP contribution >= 0.6 is 11.6 Å². The number of halogens is 1. The van der Waals surface area contributed by atoms with Crippen molar-refractivity contribution in [2.75, 3.05) is 26.5 Å². The van der Waals surface area contributed by atoms with Gasteiger partial charge >= 0.3 is 0 Å². The zero-order chi connectivity index (χ0) is 16.3. The third-order valence-electron chi connectivity index (χ3n) is 5.06. The number of nitrogens with zero attached hydrogens (tertiary/aromatic N) is 1. The SMILES string of the molecule is COc1ccc(Cl)cc1NC(=O)[C@H](C)[N+](C)(C)C1CCCC1. The summed E-state index contributed by atoms with van der Waals surface area (Å²) < 4.78 is 6.00. The fourth-order valence-electron chi connectivity index (χ4n) is 3.20. The number of rotatable bonds is 5. The van der Waals surface area contributed by atoms with Crippen molar-refractivity contribution in [3.05, 3.63) is 23.2 Å². The molecule has 22 heavy (non-hydrogen) atoms. The summed E-state index contributed by atoms with van der Waals surface area (Å²) in [5.74, 6) is 0.619. The molecule has 0 aromatic heterocycles. The number of quaternary nitrogens is 1. The maximum Gasteiger partial charge on any atom is 0.282 e. The van der Waals surface area contributed by atoms with Crippen LogP contribution in [0.25, 0.3) is 0 Å². The molecule has 0 saturated heterocycles. The second-order valence-electron chi connectivity index (χ2n) is 6.58. The minimum absolute atomic E-state index is 0.00235. The van der Waals surface area contributed by atoms with E-state index >= 15 is 0 Å². The molecule has 1 saturated carbocycles. The third-order valence-corrected chi connectivity index (χ3v) is 5.30. The lowest BCUT2D eigenvalue weighted by molar-refractivity contribution is -0.927. The first kappa shape index (κ1) is 17.1. The van der Waals surface area contributed by atoms with E-state index in [1.54, 1.807) is 25.3 Å². The van der Waals surface area contributed by atoms with Crippen LogP contribution in [0.1, 0.15) is 32.6 Å². The maximum absolute atomic E-state index is 12.7. The van der Waals surface area contributed by atoms with Gasteiger partial charge in [0.1, 0.15) is 5.75 Å². The van der Waals surface area contributed by atoms with Crippen LogP contribution in [0, 0.1) is 0 Å². The highest BCUT2D eigenvalue weighted by Crippen LogP contribution is 2.31.